The Morgan fingerprint density at radius 1 is 0.963 bits per heavy atom. The maximum Gasteiger partial charge on any atom is 0.253 e. The third-order valence-corrected chi connectivity index (χ3v) is 5.31. The van der Waals surface area contributed by atoms with Crippen LogP contribution in [0.2, 0.25) is 0 Å². The van der Waals surface area contributed by atoms with E-state index in [1.54, 1.807) is 12.1 Å². The molecule has 144 valence electrons. The van der Waals surface area contributed by atoms with Crippen molar-refractivity contribution >= 4 is 27.7 Å². The minimum atomic E-state index is -0.614. The van der Waals surface area contributed by atoms with E-state index in [0.29, 0.717) is 10.0 Å². The maximum absolute atomic E-state index is 12.9. The van der Waals surface area contributed by atoms with Gasteiger partial charge < -0.3 is 10.6 Å². The SMILES string of the molecule is Cc1ccc(C)c([C@@H](C)NC(=O)[C@@H](NC(=O)c2ccccc2Br)C(C)C)c1. The lowest BCUT2D eigenvalue weighted by atomic mass is 9.98. The Morgan fingerprint density at radius 2 is 1.63 bits per heavy atom. The first-order valence-electron chi connectivity index (χ1n) is 9.13. The van der Waals surface area contributed by atoms with E-state index >= 15 is 0 Å². The molecular weight excluding hydrogens is 404 g/mol. The predicted molar refractivity (Wildman–Crippen MR) is 113 cm³/mol. The van der Waals surface area contributed by atoms with E-state index in [9.17, 15) is 9.59 Å². The summed E-state index contributed by atoms with van der Waals surface area (Å²) in [6, 6.07) is 12.6. The molecule has 0 spiro atoms. The average Bonchev–Trinajstić information content (AvgIpc) is 2.61. The van der Waals surface area contributed by atoms with Crippen LogP contribution < -0.4 is 10.6 Å². The van der Waals surface area contributed by atoms with Crippen LogP contribution in [-0.2, 0) is 4.79 Å². The summed E-state index contributed by atoms with van der Waals surface area (Å²) in [5, 5.41) is 5.93. The quantitative estimate of drug-likeness (QED) is 0.697. The second kappa shape index (κ2) is 9.18. The van der Waals surface area contributed by atoms with Crippen molar-refractivity contribution in [2.24, 2.45) is 5.92 Å². The van der Waals surface area contributed by atoms with Crippen molar-refractivity contribution in [3.8, 4) is 0 Å². The number of hydrogen-bond donors (Lipinski definition) is 2. The zero-order valence-electron chi connectivity index (χ0n) is 16.5. The van der Waals surface area contributed by atoms with Crippen LogP contribution in [0.5, 0.6) is 0 Å². The molecule has 0 aliphatic heterocycles. The Kier molecular flexibility index (Phi) is 7.19. The molecule has 27 heavy (non-hydrogen) atoms. The highest BCUT2D eigenvalue weighted by Crippen LogP contribution is 2.20. The lowest BCUT2D eigenvalue weighted by molar-refractivity contribution is -0.124. The van der Waals surface area contributed by atoms with Crippen molar-refractivity contribution in [2.45, 2.75) is 46.7 Å². The topological polar surface area (TPSA) is 58.2 Å². The van der Waals surface area contributed by atoms with Crippen LogP contribution >= 0.6 is 15.9 Å². The molecule has 0 radical (unpaired) electrons. The predicted octanol–water partition coefficient (Wildman–Crippen LogP) is 4.70. The lowest BCUT2D eigenvalue weighted by Crippen LogP contribution is -2.50. The fourth-order valence-electron chi connectivity index (χ4n) is 3.01. The molecule has 0 unspecified atom stereocenters. The number of carbonyl (C=O) groups is 2. The molecule has 4 nitrogen and oxygen atoms in total. The number of benzene rings is 2. The molecule has 0 saturated carbocycles. The molecular formula is C22H27BrN2O2. The highest BCUT2D eigenvalue weighted by molar-refractivity contribution is 9.10. The standard InChI is InChI=1S/C22H27BrN2O2/c1-13(2)20(25-21(26)17-8-6-7-9-19(17)23)22(27)24-16(5)18-12-14(3)10-11-15(18)4/h6-13,16,20H,1-5H3,(H,24,27)(H,25,26)/t16-,20+/m1/s1. The van der Waals surface area contributed by atoms with Crippen molar-refractivity contribution in [2.75, 3.05) is 0 Å². The van der Waals surface area contributed by atoms with E-state index in [1.807, 2.05) is 46.8 Å². The van der Waals surface area contributed by atoms with E-state index in [1.165, 1.54) is 0 Å². The van der Waals surface area contributed by atoms with Crippen LogP contribution in [0.3, 0.4) is 0 Å². The third kappa shape index (κ3) is 5.42. The van der Waals surface area contributed by atoms with Crippen LogP contribution in [0, 0.1) is 19.8 Å². The summed E-state index contributed by atoms with van der Waals surface area (Å²) in [5.41, 5.74) is 3.88. The lowest BCUT2D eigenvalue weighted by Gasteiger charge is -2.25. The van der Waals surface area contributed by atoms with Crippen molar-refractivity contribution in [1.29, 1.82) is 0 Å². The molecule has 2 N–H and O–H groups in total. The molecule has 0 bridgehead atoms. The van der Waals surface area contributed by atoms with Crippen molar-refractivity contribution in [1.82, 2.24) is 10.6 Å². The number of carbonyl (C=O) groups excluding carboxylic acids is 2. The van der Waals surface area contributed by atoms with Gasteiger partial charge in [0.15, 0.2) is 0 Å². The Bertz CT molecular complexity index is 833. The molecule has 0 fully saturated rings. The Labute approximate surface area is 169 Å². The van der Waals surface area contributed by atoms with Gasteiger partial charge >= 0.3 is 0 Å². The Morgan fingerprint density at radius 3 is 2.26 bits per heavy atom. The summed E-state index contributed by atoms with van der Waals surface area (Å²) in [5.74, 6) is -0.489. The number of nitrogens with one attached hydrogen (secondary N) is 2. The van der Waals surface area contributed by atoms with Gasteiger partial charge in [-0.2, -0.15) is 0 Å². The minimum Gasteiger partial charge on any atom is -0.348 e. The summed E-state index contributed by atoms with van der Waals surface area (Å²) < 4.78 is 0.703. The normalized spacial score (nSPS) is 13.1. The van der Waals surface area contributed by atoms with Crippen LogP contribution in [-0.4, -0.2) is 17.9 Å². The average molecular weight is 431 g/mol. The molecule has 2 atom stereocenters. The molecule has 0 heterocycles. The first-order valence-corrected chi connectivity index (χ1v) is 9.93. The minimum absolute atomic E-state index is 0.0396. The van der Waals surface area contributed by atoms with Gasteiger partial charge in [0, 0.05) is 4.47 Å². The van der Waals surface area contributed by atoms with Crippen LogP contribution in [0.4, 0.5) is 0 Å². The zero-order chi connectivity index (χ0) is 20.1. The van der Waals surface area contributed by atoms with Gasteiger partial charge in [-0.15, -0.1) is 0 Å². The molecule has 2 amide bonds. The smallest absolute Gasteiger partial charge is 0.253 e. The molecule has 2 rings (SSSR count). The molecule has 0 saturated heterocycles. The van der Waals surface area contributed by atoms with E-state index in [-0.39, 0.29) is 23.8 Å². The van der Waals surface area contributed by atoms with Gasteiger partial charge in [-0.1, -0.05) is 49.7 Å². The van der Waals surface area contributed by atoms with Gasteiger partial charge in [0.25, 0.3) is 5.91 Å². The molecule has 0 aromatic heterocycles. The number of halogens is 1. The van der Waals surface area contributed by atoms with Gasteiger partial charge in [-0.25, -0.2) is 0 Å². The molecule has 0 aliphatic rings. The number of rotatable bonds is 6. The largest absolute Gasteiger partial charge is 0.348 e. The third-order valence-electron chi connectivity index (χ3n) is 4.61. The van der Waals surface area contributed by atoms with E-state index < -0.39 is 6.04 Å². The molecule has 2 aromatic rings. The van der Waals surface area contributed by atoms with Gasteiger partial charge in [0.1, 0.15) is 6.04 Å². The Hall–Kier alpha value is -2.14. The van der Waals surface area contributed by atoms with Crippen LogP contribution in [0.1, 0.15) is 53.9 Å². The second-order valence-corrected chi connectivity index (χ2v) is 8.12. The fourth-order valence-corrected chi connectivity index (χ4v) is 3.47. The molecule has 0 aliphatic carbocycles. The highest BCUT2D eigenvalue weighted by atomic mass is 79.9. The van der Waals surface area contributed by atoms with Crippen LogP contribution in [0.15, 0.2) is 46.9 Å². The summed E-state index contributed by atoms with van der Waals surface area (Å²) in [6.07, 6.45) is 0. The van der Waals surface area contributed by atoms with E-state index in [4.69, 9.17) is 0 Å². The second-order valence-electron chi connectivity index (χ2n) is 7.27. The monoisotopic (exact) mass is 430 g/mol. The van der Waals surface area contributed by atoms with Gasteiger partial charge in [0.2, 0.25) is 5.91 Å². The highest BCUT2D eigenvalue weighted by Gasteiger charge is 2.26. The number of hydrogen-bond acceptors (Lipinski definition) is 2. The van der Waals surface area contributed by atoms with Gasteiger partial charge in [0.05, 0.1) is 11.6 Å². The van der Waals surface area contributed by atoms with Crippen molar-refractivity contribution in [3.63, 3.8) is 0 Å². The summed E-state index contributed by atoms with van der Waals surface area (Å²) in [6.45, 7) is 9.88. The molecule has 2 aromatic carbocycles. The number of amides is 2. The van der Waals surface area contributed by atoms with E-state index in [2.05, 4.69) is 44.8 Å². The summed E-state index contributed by atoms with van der Waals surface area (Å²) >= 11 is 3.39. The first-order chi connectivity index (χ1) is 12.7. The van der Waals surface area contributed by atoms with Gasteiger partial charge in [-0.3, -0.25) is 9.59 Å². The zero-order valence-corrected chi connectivity index (χ0v) is 18.1. The van der Waals surface area contributed by atoms with E-state index in [0.717, 1.165) is 16.7 Å². The summed E-state index contributed by atoms with van der Waals surface area (Å²) in [4.78, 5) is 25.5. The van der Waals surface area contributed by atoms with Crippen molar-refractivity contribution < 1.29 is 9.59 Å². The molecule has 5 heteroatoms. The summed E-state index contributed by atoms with van der Waals surface area (Å²) in [7, 11) is 0. The van der Waals surface area contributed by atoms with Crippen molar-refractivity contribution in [3.05, 3.63) is 69.2 Å². The Balaban J connectivity index is 2.14. The van der Waals surface area contributed by atoms with Crippen LogP contribution in [0.25, 0.3) is 0 Å². The first kappa shape index (κ1) is 21.2. The van der Waals surface area contributed by atoms with Gasteiger partial charge in [-0.05, 0) is 65.9 Å². The fraction of sp³-hybridized carbons (Fsp3) is 0.364. The maximum atomic E-state index is 12.9. The number of aryl methyl sites for hydroxylation is 2.